The van der Waals surface area contributed by atoms with Crippen molar-refractivity contribution in [2.75, 3.05) is 0 Å². The van der Waals surface area contributed by atoms with E-state index in [1.165, 1.54) is 0 Å². The molecule has 0 spiro atoms. The molecule has 0 radical (unpaired) electrons. The zero-order valence-corrected chi connectivity index (χ0v) is 16.9. The Morgan fingerprint density at radius 1 is 0.862 bits per heavy atom. The molecule has 0 aliphatic heterocycles. The molecule has 1 aliphatic carbocycles. The number of aliphatic hydroxyl groups is 2. The molecule has 2 nitrogen and oxygen atoms in total. The number of benzene rings is 2. The van der Waals surface area contributed by atoms with Crippen LogP contribution in [0.1, 0.15) is 25.0 Å². The first kappa shape index (κ1) is 20.2. The molecule has 1 aliphatic rings. The molecule has 2 N–H and O–H groups in total. The molecule has 0 fully saturated rings. The second kappa shape index (κ2) is 8.24. The highest BCUT2D eigenvalue weighted by Crippen LogP contribution is 2.56. The molecule has 0 saturated carbocycles. The van der Waals surface area contributed by atoms with E-state index in [1.807, 2.05) is 55.5 Å². The lowest BCUT2D eigenvalue weighted by Gasteiger charge is -2.35. The summed E-state index contributed by atoms with van der Waals surface area (Å²) < 4.78 is 0. The fourth-order valence-electron chi connectivity index (χ4n) is 4.20. The van der Waals surface area contributed by atoms with Crippen molar-refractivity contribution in [1.29, 1.82) is 0 Å². The second-order valence-corrected chi connectivity index (χ2v) is 7.04. The summed E-state index contributed by atoms with van der Waals surface area (Å²) >= 11 is 0. The Morgan fingerprint density at radius 3 is 1.86 bits per heavy atom. The van der Waals surface area contributed by atoms with Crippen LogP contribution in [-0.2, 0) is 5.41 Å². The van der Waals surface area contributed by atoms with Crippen LogP contribution < -0.4 is 0 Å². The molecule has 0 amide bonds. The normalized spacial score (nSPS) is 15.9. The van der Waals surface area contributed by atoms with Gasteiger partial charge in [-0.1, -0.05) is 86.0 Å². The minimum Gasteiger partial charge on any atom is -0.513 e. The van der Waals surface area contributed by atoms with Gasteiger partial charge in [0.15, 0.2) is 0 Å². The molecule has 0 unspecified atom stereocenters. The Hall–Kier alpha value is -3.52. The van der Waals surface area contributed by atoms with Crippen LogP contribution in [0.25, 0.3) is 11.1 Å². The Kier molecular flexibility index (Phi) is 5.74. The van der Waals surface area contributed by atoms with E-state index in [1.54, 1.807) is 19.1 Å². The van der Waals surface area contributed by atoms with E-state index in [4.69, 9.17) is 0 Å². The molecule has 0 aromatic heterocycles. The zero-order valence-electron chi connectivity index (χ0n) is 16.9. The summed E-state index contributed by atoms with van der Waals surface area (Å²) in [4.78, 5) is 0. The van der Waals surface area contributed by atoms with Crippen LogP contribution in [0.4, 0.5) is 0 Å². The molecule has 146 valence electrons. The van der Waals surface area contributed by atoms with Gasteiger partial charge in [-0.25, -0.2) is 0 Å². The summed E-state index contributed by atoms with van der Waals surface area (Å²) in [5, 5.41) is 19.5. The maximum absolute atomic E-state index is 9.79. The molecule has 0 bridgehead atoms. The van der Waals surface area contributed by atoms with Gasteiger partial charge >= 0.3 is 0 Å². The Bertz CT molecular complexity index is 1030. The first-order valence-corrected chi connectivity index (χ1v) is 9.59. The van der Waals surface area contributed by atoms with Crippen molar-refractivity contribution < 1.29 is 10.2 Å². The predicted octanol–water partition coefficient (Wildman–Crippen LogP) is 7.10. The lowest BCUT2D eigenvalue weighted by atomic mass is 9.66. The first-order chi connectivity index (χ1) is 14.0. The summed E-state index contributed by atoms with van der Waals surface area (Å²) in [6.07, 6.45) is 11.0. The molecule has 29 heavy (non-hydrogen) atoms. The van der Waals surface area contributed by atoms with Gasteiger partial charge in [0.25, 0.3) is 0 Å². The lowest BCUT2D eigenvalue weighted by molar-refractivity contribution is 0.414. The number of aliphatic hydroxyl groups excluding tert-OH is 2. The lowest BCUT2D eigenvalue weighted by Crippen LogP contribution is -2.29. The van der Waals surface area contributed by atoms with Gasteiger partial charge in [-0.3, -0.25) is 0 Å². The summed E-state index contributed by atoms with van der Waals surface area (Å²) in [7, 11) is 0. The third-order valence-corrected chi connectivity index (χ3v) is 5.31. The number of rotatable bonds is 6. The van der Waals surface area contributed by atoms with Gasteiger partial charge in [-0.05, 0) is 59.4 Å². The Morgan fingerprint density at radius 2 is 1.41 bits per heavy atom. The van der Waals surface area contributed by atoms with Crippen LogP contribution in [0.5, 0.6) is 0 Å². The average molecular weight is 383 g/mol. The van der Waals surface area contributed by atoms with Gasteiger partial charge < -0.3 is 10.2 Å². The van der Waals surface area contributed by atoms with Gasteiger partial charge in [-0.15, -0.1) is 0 Å². The van der Waals surface area contributed by atoms with Crippen molar-refractivity contribution in [3.05, 3.63) is 132 Å². The van der Waals surface area contributed by atoms with E-state index in [0.717, 1.165) is 33.4 Å². The molecule has 0 saturated heterocycles. The van der Waals surface area contributed by atoms with E-state index in [2.05, 4.69) is 37.4 Å². The van der Waals surface area contributed by atoms with Crippen molar-refractivity contribution in [2.24, 2.45) is 0 Å². The van der Waals surface area contributed by atoms with Gasteiger partial charge in [0, 0.05) is 0 Å². The largest absolute Gasteiger partial charge is 0.513 e. The van der Waals surface area contributed by atoms with Crippen LogP contribution in [0.15, 0.2) is 121 Å². The highest BCUT2D eigenvalue weighted by Gasteiger charge is 2.46. The van der Waals surface area contributed by atoms with Crippen molar-refractivity contribution in [3.63, 3.8) is 0 Å². The quantitative estimate of drug-likeness (QED) is 0.413. The highest BCUT2D eigenvalue weighted by molar-refractivity contribution is 5.87. The highest BCUT2D eigenvalue weighted by atomic mass is 16.3. The summed E-state index contributed by atoms with van der Waals surface area (Å²) in [6.45, 7) is 11.3. The molecule has 3 rings (SSSR count). The maximum atomic E-state index is 9.79. The molecule has 2 aromatic carbocycles. The molecular weight excluding hydrogens is 356 g/mol. The van der Waals surface area contributed by atoms with E-state index in [9.17, 15) is 10.2 Å². The van der Waals surface area contributed by atoms with E-state index < -0.39 is 5.41 Å². The van der Waals surface area contributed by atoms with Crippen LogP contribution >= 0.6 is 0 Å². The van der Waals surface area contributed by atoms with Gasteiger partial charge in [0.2, 0.25) is 0 Å². The maximum Gasteiger partial charge on any atom is 0.108 e. The van der Waals surface area contributed by atoms with Gasteiger partial charge in [0.1, 0.15) is 5.76 Å². The smallest absolute Gasteiger partial charge is 0.108 e. The van der Waals surface area contributed by atoms with E-state index in [-0.39, 0.29) is 11.5 Å². The molecule has 0 heterocycles. The van der Waals surface area contributed by atoms with Crippen LogP contribution in [0.3, 0.4) is 0 Å². The summed E-state index contributed by atoms with van der Waals surface area (Å²) in [5.74, 6) is 0.217. The fraction of sp³-hybridized carbons (Fsp3) is 0.111. The van der Waals surface area contributed by atoms with Gasteiger partial charge in [-0.2, -0.15) is 0 Å². The van der Waals surface area contributed by atoms with Crippen molar-refractivity contribution >= 4 is 0 Å². The predicted molar refractivity (Wildman–Crippen MR) is 122 cm³/mol. The van der Waals surface area contributed by atoms with Gasteiger partial charge in [0.05, 0.1) is 11.2 Å². The molecule has 2 heteroatoms. The topological polar surface area (TPSA) is 40.5 Å². The van der Waals surface area contributed by atoms with Crippen LogP contribution in [0, 0.1) is 0 Å². The van der Waals surface area contributed by atoms with E-state index >= 15 is 0 Å². The minimum atomic E-state index is -0.623. The van der Waals surface area contributed by atoms with Crippen molar-refractivity contribution in [3.8, 4) is 11.1 Å². The van der Waals surface area contributed by atoms with Crippen molar-refractivity contribution in [1.82, 2.24) is 0 Å². The standard InChI is InChI=1S/C27H26O2/c1-5-21(17-15-19(3)28)27(22(6-2)18-16-20(4)29)25-13-9-7-11-23(25)24-12-8-10-14-26(24)27/h5-18,28-29H,1,4H2,2-3H3/b18-16-,19-15+,21-17+,22-6+. The number of fused-ring (bicyclic) bond motifs is 3. The van der Waals surface area contributed by atoms with Crippen LogP contribution in [0.2, 0.25) is 0 Å². The second-order valence-electron chi connectivity index (χ2n) is 7.04. The van der Waals surface area contributed by atoms with E-state index in [0.29, 0.717) is 0 Å². The number of allylic oxidation sites excluding steroid dienone is 9. The van der Waals surface area contributed by atoms with Crippen LogP contribution in [-0.4, -0.2) is 10.2 Å². The summed E-state index contributed by atoms with van der Waals surface area (Å²) in [6, 6.07) is 16.7. The molecule has 0 atom stereocenters. The summed E-state index contributed by atoms with van der Waals surface area (Å²) in [5.41, 5.74) is 5.90. The molecular formula is C27H26O2. The van der Waals surface area contributed by atoms with Crippen molar-refractivity contribution in [2.45, 2.75) is 19.3 Å². The number of hydrogen-bond acceptors (Lipinski definition) is 2. The zero-order chi connectivity index (χ0) is 21.0. The Labute approximate surface area is 172 Å². The monoisotopic (exact) mass is 382 g/mol. The first-order valence-electron chi connectivity index (χ1n) is 9.59. The Balaban J connectivity index is 2.48. The fourth-order valence-corrected chi connectivity index (χ4v) is 4.20. The minimum absolute atomic E-state index is 0.00528. The molecule has 2 aromatic rings. The third-order valence-electron chi connectivity index (χ3n) is 5.31. The third kappa shape index (κ3) is 3.38. The average Bonchev–Trinajstić information content (AvgIpc) is 3.01. The SMILES string of the molecule is C=C/C(=C\C=C(/C)O)C1(C(/C=C\C(=C)O)=C/C)c2ccccc2-c2ccccc21. The number of hydrogen-bond donors (Lipinski definition) is 2.